The van der Waals surface area contributed by atoms with Crippen LogP contribution in [0.1, 0.15) is 17.5 Å². The molecule has 2 amide bonds. The Labute approximate surface area is 175 Å². The van der Waals surface area contributed by atoms with Gasteiger partial charge in [-0.05, 0) is 42.2 Å². The number of aromatic amines is 1. The number of nitrogens with zero attached hydrogens (tertiary/aromatic N) is 1. The van der Waals surface area contributed by atoms with Crippen molar-refractivity contribution in [2.24, 2.45) is 5.92 Å². The second-order valence-electron chi connectivity index (χ2n) is 7.52. The zero-order valence-corrected chi connectivity index (χ0v) is 16.9. The Kier molecular flexibility index (Phi) is 5.86. The first-order chi connectivity index (χ1) is 14.1. The smallest absolute Gasteiger partial charge is 0.225 e. The first-order valence-corrected chi connectivity index (χ1v) is 10.3. The van der Waals surface area contributed by atoms with Gasteiger partial charge in [-0.2, -0.15) is 0 Å². The number of amides is 2. The molecule has 0 aliphatic carbocycles. The summed E-state index contributed by atoms with van der Waals surface area (Å²) in [6, 6.07) is 15.8. The fraction of sp³-hybridized carbons (Fsp3) is 0.304. The monoisotopic (exact) mass is 409 g/mol. The average molecular weight is 410 g/mol. The van der Waals surface area contributed by atoms with Gasteiger partial charge in [-0.25, -0.2) is 0 Å². The highest BCUT2D eigenvalue weighted by atomic mass is 35.5. The van der Waals surface area contributed by atoms with Crippen LogP contribution in [0, 0.1) is 5.92 Å². The lowest BCUT2D eigenvalue weighted by Crippen LogP contribution is -2.34. The van der Waals surface area contributed by atoms with E-state index in [1.165, 1.54) is 5.56 Å². The molecule has 0 bridgehead atoms. The SMILES string of the molecule is O=C(NCCc1ccccc1)[C@H]1CC(=O)N(CCc2c[nH]c3ccc(Cl)cc23)C1. The Balaban J connectivity index is 1.28. The third-order valence-electron chi connectivity index (χ3n) is 5.52. The van der Waals surface area contributed by atoms with Crippen LogP contribution in [-0.4, -0.2) is 41.3 Å². The Morgan fingerprint density at radius 3 is 2.83 bits per heavy atom. The number of nitrogens with one attached hydrogen (secondary N) is 2. The van der Waals surface area contributed by atoms with Gasteiger partial charge in [0.2, 0.25) is 11.8 Å². The van der Waals surface area contributed by atoms with Crippen LogP contribution in [0.15, 0.2) is 54.7 Å². The van der Waals surface area contributed by atoms with E-state index in [4.69, 9.17) is 11.6 Å². The van der Waals surface area contributed by atoms with Crippen LogP contribution in [0.3, 0.4) is 0 Å². The van der Waals surface area contributed by atoms with Gasteiger partial charge < -0.3 is 15.2 Å². The van der Waals surface area contributed by atoms with Crippen molar-refractivity contribution in [1.82, 2.24) is 15.2 Å². The van der Waals surface area contributed by atoms with Gasteiger partial charge in [-0.15, -0.1) is 0 Å². The third kappa shape index (κ3) is 4.62. The second kappa shape index (κ2) is 8.70. The van der Waals surface area contributed by atoms with E-state index in [1.807, 2.05) is 54.7 Å². The minimum Gasteiger partial charge on any atom is -0.361 e. The molecule has 0 unspecified atom stereocenters. The standard InChI is InChI=1S/C23H24ClN3O2/c24-19-6-7-21-20(13-19)17(14-26-21)9-11-27-15-18(12-22(27)28)23(29)25-10-8-16-4-2-1-3-5-16/h1-7,13-14,18,26H,8-12,15H2,(H,25,29)/t18-/m0/s1. The molecule has 1 saturated heterocycles. The quantitative estimate of drug-likeness (QED) is 0.626. The summed E-state index contributed by atoms with van der Waals surface area (Å²) in [6.45, 7) is 1.68. The third-order valence-corrected chi connectivity index (χ3v) is 5.76. The van der Waals surface area contributed by atoms with Crippen molar-refractivity contribution < 1.29 is 9.59 Å². The van der Waals surface area contributed by atoms with Crippen molar-refractivity contribution in [3.63, 3.8) is 0 Å². The van der Waals surface area contributed by atoms with Gasteiger partial charge in [-0.3, -0.25) is 9.59 Å². The largest absolute Gasteiger partial charge is 0.361 e. The molecule has 2 heterocycles. The van der Waals surface area contributed by atoms with Crippen molar-refractivity contribution >= 4 is 34.3 Å². The maximum absolute atomic E-state index is 12.5. The summed E-state index contributed by atoms with van der Waals surface area (Å²) in [7, 11) is 0. The first kappa shape index (κ1) is 19.5. The average Bonchev–Trinajstić information content (AvgIpc) is 3.30. The van der Waals surface area contributed by atoms with Crippen molar-refractivity contribution in [3.8, 4) is 0 Å². The Morgan fingerprint density at radius 1 is 1.17 bits per heavy atom. The number of halogens is 1. The maximum atomic E-state index is 12.5. The number of hydrogen-bond acceptors (Lipinski definition) is 2. The molecule has 4 rings (SSSR count). The van der Waals surface area contributed by atoms with Gasteiger partial charge in [0.25, 0.3) is 0 Å². The summed E-state index contributed by atoms with van der Waals surface area (Å²) in [5.74, 6) is -0.252. The molecule has 6 heteroatoms. The van der Waals surface area contributed by atoms with Crippen LogP contribution in [0.4, 0.5) is 0 Å². The highest BCUT2D eigenvalue weighted by molar-refractivity contribution is 6.31. The van der Waals surface area contributed by atoms with Crippen molar-refractivity contribution in [1.29, 1.82) is 0 Å². The Morgan fingerprint density at radius 2 is 2.00 bits per heavy atom. The molecule has 2 N–H and O–H groups in total. The summed E-state index contributed by atoms with van der Waals surface area (Å²) in [6.07, 6.45) is 3.78. The van der Waals surface area contributed by atoms with E-state index in [9.17, 15) is 9.59 Å². The van der Waals surface area contributed by atoms with Gasteiger partial charge in [0.15, 0.2) is 0 Å². The lowest BCUT2D eigenvalue weighted by Gasteiger charge is -2.16. The topological polar surface area (TPSA) is 65.2 Å². The van der Waals surface area contributed by atoms with Crippen LogP contribution < -0.4 is 5.32 Å². The van der Waals surface area contributed by atoms with Crippen LogP contribution in [0.25, 0.3) is 10.9 Å². The number of hydrogen-bond donors (Lipinski definition) is 2. The van der Waals surface area contributed by atoms with E-state index in [0.717, 1.165) is 29.3 Å². The molecule has 0 saturated carbocycles. The molecule has 150 valence electrons. The minimum absolute atomic E-state index is 0.0318. The molecule has 2 aromatic carbocycles. The normalized spacial score (nSPS) is 16.5. The predicted molar refractivity (Wildman–Crippen MR) is 115 cm³/mol. The predicted octanol–water partition coefficient (Wildman–Crippen LogP) is 3.57. The van der Waals surface area contributed by atoms with E-state index >= 15 is 0 Å². The lowest BCUT2D eigenvalue weighted by molar-refractivity contribution is -0.129. The molecule has 1 aliphatic heterocycles. The summed E-state index contributed by atoms with van der Waals surface area (Å²) in [5, 5.41) is 4.76. The van der Waals surface area contributed by atoms with Crippen LogP contribution >= 0.6 is 11.6 Å². The van der Waals surface area contributed by atoms with Gasteiger partial charge >= 0.3 is 0 Å². The number of benzene rings is 2. The molecule has 1 atom stereocenters. The Bertz CT molecular complexity index is 1020. The fourth-order valence-electron chi connectivity index (χ4n) is 3.90. The fourth-order valence-corrected chi connectivity index (χ4v) is 4.07. The van der Waals surface area contributed by atoms with Crippen LogP contribution in [0.2, 0.25) is 5.02 Å². The van der Waals surface area contributed by atoms with E-state index < -0.39 is 0 Å². The molecule has 5 nitrogen and oxygen atoms in total. The lowest BCUT2D eigenvalue weighted by atomic mass is 10.1. The van der Waals surface area contributed by atoms with E-state index in [1.54, 1.807) is 4.90 Å². The summed E-state index contributed by atoms with van der Waals surface area (Å²) >= 11 is 6.11. The molecular weight excluding hydrogens is 386 g/mol. The van der Waals surface area contributed by atoms with Gasteiger partial charge in [0.05, 0.1) is 5.92 Å². The van der Waals surface area contributed by atoms with E-state index in [0.29, 0.717) is 24.7 Å². The number of aromatic nitrogens is 1. The number of rotatable bonds is 7. The number of carbonyl (C=O) groups excluding carboxylic acids is 2. The molecule has 1 aromatic heterocycles. The molecule has 0 spiro atoms. The van der Waals surface area contributed by atoms with Crippen molar-refractivity contribution in [2.45, 2.75) is 19.3 Å². The number of H-pyrrole nitrogens is 1. The van der Waals surface area contributed by atoms with Crippen LogP contribution in [0.5, 0.6) is 0 Å². The molecule has 3 aromatic rings. The van der Waals surface area contributed by atoms with Crippen molar-refractivity contribution in [2.75, 3.05) is 19.6 Å². The molecule has 1 aliphatic rings. The molecular formula is C23H24ClN3O2. The highest BCUT2D eigenvalue weighted by Crippen LogP contribution is 2.24. The second-order valence-corrected chi connectivity index (χ2v) is 7.96. The summed E-state index contributed by atoms with van der Waals surface area (Å²) in [5.41, 5.74) is 3.36. The van der Waals surface area contributed by atoms with Gasteiger partial charge in [-0.1, -0.05) is 41.9 Å². The number of likely N-dealkylation sites (tertiary alicyclic amines) is 1. The zero-order valence-electron chi connectivity index (χ0n) is 16.2. The van der Waals surface area contributed by atoms with Crippen LogP contribution in [-0.2, 0) is 22.4 Å². The maximum Gasteiger partial charge on any atom is 0.225 e. The molecule has 29 heavy (non-hydrogen) atoms. The summed E-state index contributed by atoms with van der Waals surface area (Å²) < 4.78 is 0. The highest BCUT2D eigenvalue weighted by Gasteiger charge is 2.33. The Hall–Kier alpha value is -2.79. The van der Waals surface area contributed by atoms with Gasteiger partial charge in [0, 0.05) is 48.2 Å². The number of fused-ring (bicyclic) bond motifs is 1. The minimum atomic E-state index is -0.268. The first-order valence-electron chi connectivity index (χ1n) is 9.95. The van der Waals surface area contributed by atoms with E-state index in [-0.39, 0.29) is 24.2 Å². The number of carbonyl (C=O) groups is 2. The zero-order chi connectivity index (χ0) is 20.2. The van der Waals surface area contributed by atoms with E-state index in [2.05, 4.69) is 10.3 Å². The molecule has 1 fully saturated rings. The van der Waals surface area contributed by atoms with Gasteiger partial charge in [0.1, 0.15) is 0 Å². The molecule has 0 radical (unpaired) electrons. The summed E-state index contributed by atoms with van der Waals surface area (Å²) in [4.78, 5) is 29.9. The van der Waals surface area contributed by atoms with Crippen molar-refractivity contribution in [3.05, 3.63) is 70.9 Å².